The molecule has 0 spiro atoms. The first-order valence-corrected chi connectivity index (χ1v) is 7.87. The summed E-state index contributed by atoms with van der Waals surface area (Å²) < 4.78 is 5.41. The molecule has 2 saturated carbocycles. The lowest BCUT2D eigenvalue weighted by molar-refractivity contribution is 0.0341. The molecule has 2 nitrogen and oxygen atoms in total. The van der Waals surface area contributed by atoms with Crippen LogP contribution in [0, 0.1) is 5.41 Å². The van der Waals surface area contributed by atoms with E-state index in [1.165, 1.54) is 57.9 Å². The Balaban J connectivity index is 1.99. The quantitative estimate of drug-likeness (QED) is 0.713. The first kappa shape index (κ1) is 14.3. The van der Waals surface area contributed by atoms with Gasteiger partial charge in [-0.15, -0.1) is 0 Å². The van der Waals surface area contributed by atoms with Crippen LogP contribution in [0.4, 0.5) is 0 Å². The predicted molar refractivity (Wildman–Crippen MR) is 76.9 cm³/mol. The molecule has 0 N–H and O–H groups in total. The molecule has 2 aliphatic rings. The molecule has 106 valence electrons. The van der Waals surface area contributed by atoms with Gasteiger partial charge in [0, 0.05) is 31.2 Å². The standard InChI is InChI=1S/C16H31NO/c1-16(2,13-18-3)12-17(14-8-4-5-9-14)15-10-6-7-11-15/h14-15H,4-13H2,1-3H3. The van der Waals surface area contributed by atoms with Gasteiger partial charge in [0.05, 0.1) is 6.61 Å². The van der Waals surface area contributed by atoms with Crippen LogP contribution < -0.4 is 0 Å². The molecule has 2 aliphatic carbocycles. The first-order chi connectivity index (χ1) is 8.62. The van der Waals surface area contributed by atoms with E-state index in [0.29, 0.717) is 5.41 Å². The normalized spacial score (nSPS) is 23.3. The maximum absolute atomic E-state index is 5.41. The van der Waals surface area contributed by atoms with Crippen LogP contribution in [0.3, 0.4) is 0 Å². The average Bonchev–Trinajstić information content (AvgIpc) is 2.99. The second-order valence-corrected chi connectivity index (χ2v) is 7.15. The third kappa shape index (κ3) is 3.71. The van der Waals surface area contributed by atoms with Crippen molar-refractivity contribution < 1.29 is 4.74 Å². The molecule has 0 aliphatic heterocycles. The van der Waals surface area contributed by atoms with E-state index < -0.39 is 0 Å². The SMILES string of the molecule is COCC(C)(C)CN(C1CCCC1)C1CCCC1. The van der Waals surface area contributed by atoms with E-state index >= 15 is 0 Å². The van der Waals surface area contributed by atoms with Crippen LogP contribution in [0.5, 0.6) is 0 Å². The molecule has 2 heteroatoms. The molecule has 0 amide bonds. The molecule has 2 rings (SSSR count). The molecule has 0 aromatic carbocycles. The van der Waals surface area contributed by atoms with Crippen molar-refractivity contribution >= 4 is 0 Å². The molecule has 0 unspecified atom stereocenters. The van der Waals surface area contributed by atoms with Crippen LogP contribution in [0.2, 0.25) is 0 Å². The third-order valence-corrected chi connectivity index (χ3v) is 4.73. The second kappa shape index (κ2) is 6.38. The second-order valence-electron chi connectivity index (χ2n) is 7.15. The van der Waals surface area contributed by atoms with Crippen molar-refractivity contribution in [3.8, 4) is 0 Å². The number of hydrogen-bond donors (Lipinski definition) is 0. The number of hydrogen-bond acceptors (Lipinski definition) is 2. The summed E-state index contributed by atoms with van der Waals surface area (Å²) in [6.45, 7) is 6.81. The minimum atomic E-state index is 0.292. The van der Waals surface area contributed by atoms with Gasteiger partial charge in [-0.05, 0) is 25.7 Å². The molecule has 0 aromatic heterocycles. The van der Waals surface area contributed by atoms with Crippen molar-refractivity contribution in [2.75, 3.05) is 20.3 Å². The van der Waals surface area contributed by atoms with Crippen LogP contribution in [0.1, 0.15) is 65.2 Å². The Morgan fingerprint density at radius 2 is 1.39 bits per heavy atom. The van der Waals surface area contributed by atoms with Gasteiger partial charge < -0.3 is 4.74 Å². The zero-order valence-corrected chi connectivity index (χ0v) is 12.6. The number of methoxy groups -OCH3 is 1. The Kier molecular flexibility index (Phi) is 5.08. The van der Waals surface area contributed by atoms with Crippen molar-refractivity contribution in [1.82, 2.24) is 4.90 Å². The zero-order valence-electron chi connectivity index (χ0n) is 12.6. The molecule has 0 saturated heterocycles. The molecule has 0 bridgehead atoms. The van der Waals surface area contributed by atoms with Crippen molar-refractivity contribution in [3.05, 3.63) is 0 Å². The monoisotopic (exact) mass is 253 g/mol. The summed E-state index contributed by atoms with van der Waals surface area (Å²) >= 11 is 0. The number of nitrogens with zero attached hydrogens (tertiary/aromatic N) is 1. The van der Waals surface area contributed by atoms with E-state index in [1.807, 2.05) is 7.11 Å². The summed E-state index contributed by atoms with van der Waals surface area (Å²) in [6.07, 6.45) is 11.5. The van der Waals surface area contributed by atoms with Gasteiger partial charge in [0.2, 0.25) is 0 Å². The van der Waals surface area contributed by atoms with Crippen molar-refractivity contribution in [1.29, 1.82) is 0 Å². The van der Waals surface area contributed by atoms with E-state index in [2.05, 4.69) is 18.7 Å². The van der Waals surface area contributed by atoms with Crippen molar-refractivity contribution in [3.63, 3.8) is 0 Å². The maximum atomic E-state index is 5.41. The fourth-order valence-electron chi connectivity index (χ4n) is 3.96. The van der Waals surface area contributed by atoms with Crippen molar-refractivity contribution in [2.24, 2.45) is 5.41 Å². The van der Waals surface area contributed by atoms with Crippen LogP contribution in [0.25, 0.3) is 0 Å². The number of ether oxygens (including phenoxy) is 1. The topological polar surface area (TPSA) is 12.5 Å². The molecular formula is C16H31NO. The molecule has 0 radical (unpaired) electrons. The summed E-state index contributed by atoms with van der Waals surface area (Å²) in [7, 11) is 1.83. The Labute approximate surface area is 113 Å². The minimum Gasteiger partial charge on any atom is -0.384 e. The third-order valence-electron chi connectivity index (χ3n) is 4.73. The molecule has 0 atom stereocenters. The maximum Gasteiger partial charge on any atom is 0.0525 e. The van der Waals surface area contributed by atoms with Gasteiger partial charge in [0.25, 0.3) is 0 Å². The van der Waals surface area contributed by atoms with Crippen molar-refractivity contribution in [2.45, 2.75) is 77.3 Å². The highest BCUT2D eigenvalue weighted by molar-refractivity contribution is 4.88. The van der Waals surface area contributed by atoms with Crippen LogP contribution >= 0.6 is 0 Å². The first-order valence-electron chi connectivity index (χ1n) is 7.87. The molecule has 0 aromatic rings. The molecule has 18 heavy (non-hydrogen) atoms. The highest BCUT2D eigenvalue weighted by Gasteiger charge is 2.34. The average molecular weight is 253 g/mol. The highest BCUT2D eigenvalue weighted by Crippen LogP contribution is 2.34. The van der Waals surface area contributed by atoms with Crippen LogP contribution in [-0.4, -0.2) is 37.2 Å². The Morgan fingerprint density at radius 3 is 1.78 bits per heavy atom. The van der Waals surface area contributed by atoms with E-state index in [1.54, 1.807) is 0 Å². The highest BCUT2D eigenvalue weighted by atomic mass is 16.5. The Bertz CT molecular complexity index is 223. The van der Waals surface area contributed by atoms with E-state index in [9.17, 15) is 0 Å². The molecule has 2 fully saturated rings. The van der Waals surface area contributed by atoms with Gasteiger partial charge in [0.15, 0.2) is 0 Å². The van der Waals surface area contributed by atoms with E-state index in [4.69, 9.17) is 4.74 Å². The van der Waals surface area contributed by atoms with Crippen LogP contribution in [-0.2, 0) is 4.74 Å². The fourth-order valence-corrected chi connectivity index (χ4v) is 3.96. The van der Waals surface area contributed by atoms with E-state index in [-0.39, 0.29) is 0 Å². The molecular weight excluding hydrogens is 222 g/mol. The largest absolute Gasteiger partial charge is 0.384 e. The zero-order chi connectivity index (χ0) is 13.0. The lowest BCUT2D eigenvalue weighted by Crippen LogP contribution is -2.47. The summed E-state index contributed by atoms with van der Waals surface area (Å²) in [4.78, 5) is 2.86. The lowest BCUT2D eigenvalue weighted by atomic mass is 9.92. The molecule has 0 heterocycles. The van der Waals surface area contributed by atoms with Gasteiger partial charge in [-0.1, -0.05) is 39.5 Å². The van der Waals surface area contributed by atoms with E-state index in [0.717, 1.165) is 18.7 Å². The van der Waals surface area contributed by atoms with Crippen LogP contribution in [0.15, 0.2) is 0 Å². The predicted octanol–water partition coefficient (Wildman–Crippen LogP) is 3.85. The number of rotatable bonds is 6. The van der Waals surface area contributed by atoms with Gasteiger partial charge in [-0.25, -0.2) is 0 Å². The van der Waals surface area contributed by atoms with Gasteiger partial charge >= 0.3 is 0 Å². The minimum absolute atomic E-state index is 0.292. The lowest BCUT2D eigenvalue weighted by Gasteiger charge is -2.40. The summed E-state index contributed by atoms with van der Waals surface area (Å²) in [6, 6.07) is 1.73. The summed E-state index contributed by atoms with van der Waals surface area (Å²) in [5, 5.41) is 0. The smallest absolute Gasteiger partial charge is 0.0525 e. The van der Waals surface area contributed by atoms with Gasteiger partial charge in [-0.2, -0.15) is 0 Å². The van der Waals surface area contributed by atoms with Gasteiger partial charge in [0.1, 0.15) is 0 Å². The van der Waals surface area contributed by atoms with Gasteiger partial charge in [-0.3, -0.25) is 4.90 Å². The summed E-state index contributed by atoms with van der Waals surface area (Å²) in [5.41, 5.74) is 0.292. The Hall–Kier alpha value is -0.0800. The summed E-state index contributed by atoms with van der Waals surface area (Å²) in [5.74, 6) is 0. The fraction of sp³-hybridized carbons (Fsp3) is 1.00. The Morgan fingerprint density at radius 1 is 0.944 bits per heavy atom.